The summed E-state index contributed by atoms with van der Waals surface area (Å²) >= 11 is 0. The maximum absolute atomic E-state index is 4.60. The van der Waals surface area contributed by atoms with Gasteiger partial charge in [-0.05, 0) is 51.1 Å². The monoisotopic (exact) mass is 354 g/mol. The zero-order chi connectivity index (χ0) is 17.8. The molecular weight excluding hydrogens is 324 g/mol. The first-order chi connectivity index (χ1) is 12.8. The summed E-state index contributed by atoms with van der Waals surface area (Å²) in [5.74, 6) is 2.40. The zero-order valence-electron chi connectivity index (χ0n) is 15.8. The summed E-state index contributed by atoms with van der Waals surface area (Å²) in [6, 6.07) is 0.754. The highest BCUT2D eigenvalue weighted by atomic mass is 15.2. The number of nitrogens with zero attached hydrogens (tertiary/aromatic N) is 5. The third-order valence-electron chi connectivity index (χ3n) is 5.82. The van der Waals surface area contributed by atoms with E-state index in [0.717, 1.165) is 42.9 Å². The van der Waals surface area contributed by atoms with Gasteiger partial charge in [0.25, 0.3) is 0 Å². The molecule has 2 saturated heterocycles. The maximum Gasteiger partial charge on any atom is 0.222 e. The number of anilines is 1. The highest BCUT2D eigenvalue weighted by Crippen LogP contribution is 2.32. The van der Waals surface area contributed by atoms with Crippen LogP contribution in [0.2, 0.25) is 0 Å². The number of aromatic nitrogens is 4. The molecule has 0 bridgehead atoms. The average Bonchev–Trinajstić information content (AvgIpc) is 3.15. The van der Waals surface area contributed by atoms with Crippen LogP contribution in [0.3, 0.4) is 0 Å². The van der Waals surface area contributed by atoms with Crippen molar-refractivity contribution in [3.63, 3.8) is 0 Å². The van der Waals surface area contributed by atoms with Crippen molar-refractivity contribution in [2.45, 2.75) is 58.0 Å². The highest BCUT2D eigenvalue weighted by molar-refractivity contribution is 5.53. The Hall–Kier alpha value is -1.95. The molecule has 140 valence electrons. The van der Waals surface area contributed by atoms with E-state index in [1.807, 2.05) is 18.6 Å². The quantitative estimate of drug-likeness (QED) is 0.861. The largest absolute Gasteiger partial charge is 0.354 e. The lowest BCUT2D eigenvalue weighted by atomic mass is 9.83. The Kier molecular flexibility index (Phi) is 5.48. The molecule has 0 saturated carbocycles. The minimum Gasteiger partial charge on any atom is -0.354 e. The van der Waals surface area contributed by atoms with E-state index in [-0.39, 0.29) is 0 Å². The number of imidazole rings is 1. The van der Waals surface area contributed by atoms with E-state index in [9.17, 15) is 0 Å². The maximum atomic E-state index is 4.60. The number of rotatable bonds is 6. The highest BCUT2D eigenvalue weighted by Gasteiger charge is 2.33. The van der Waals surface area contributed by atoms with Gasteiger partial charge in [0.2, 0.25) is 5.95 Å². The van der Waals surface area contributed by atoms with E-state index in [2.05, 4.69) is 42.9 Å². The molecule has 0 amide bonds. The molecule has 26 heavy (non-hydrogen) atoms. The van der Waals surface area contributed by atoms with Crippen LogP contribution >= 0.6 is 0 Å². The third-order valence-corrected chi connectivity index (χ3v) is 5.82. The minimum atomic E-state index is 0.693. The van der Waals surface area contributed by atoms with Gasteiger partial charge in [0, 0.05) is 43.9 Å². The Morgan fingerprint density at radius 3 is 2.77 bits per heavy atom. The fraction of sp³-hybridized carbons (Fsp3) is 0.650. The SMILES string of the molecule is CCCNc1ncc(-c2nccn2C[C@@H]2CCCN3CCCC[C@H]23)cn1. The van der Waals surface area contributed by atoms with Crippen LogP contribution in [0.25, 0.3) is 11.4 Å². The van der Waals surface area contributed by atoms with Crippen LogP contribution in [0.4, 0.5) is 5.95 Å². The van der Waals surface area contributed by atoms with Crippen molar-refractivity contribution in [1.29, 1.82) is 0 Å². The first kappa shape index (κ1) is 17.5. The van der Waals surface area contributed by atoms with Crippen LogP contribution in [0, 0.1) is 5.92 Å². The van der Waals surface area contributed by atoms with Gasteiger partial charge in [0.15, 0.2) is 0 Å². The van der Waals surface area contributed by atoms with Gasteiger partial charge in [0.05, 0.1) is 5.56 Å². The molecule has 0 aliphatic carbocycles. The van der Waals surface area contributed by atoms with Crippen molar-refractivity contribution in [3.05, 3.63) is 24.8 Å². The van der Waals surface area contributed by atoms with E-state index in [1.54, 1.807) is 0 Å². The second-order valence-corrected chi connectivity index (χ2v) is 7.63. The van der Waals surface area contributed by atoms with E-state index in [4.69, 9.17) is 0 Å². The van der Waals surface area contributed by atoms with E-state index >= 15 is 0 Å². The number of fused-ring (bicyclic) bond motifs is 1. The second kappa shape index (κ2) is 8.16. The summed E-state index contributed by atoms with van der Waals surface area (Å²) in [5.41, 5.74) is 0.994. The fourth-order valence-electron chi connectivity index (χ4n) is 4.53. The number of hydrogen-bond acceptors (Lipinski definition) is 5. The molecule has 4 rings (SSSR count). The number of nitrogens with one attached hydrogen (secondary N) is 1. The van der Waals surface area contributed by atoms with E-state index in [1.165, 1.54) is 45.2 Å². The molecule has 2 atom stereocenters. The second-order valence-electron chi connectivity index (χ2n) is 7.63. The van der Waals surface area contributed by atoms with Crippen LogP contribution in [0.15, 0.2) is 24.8 Å². The lowest BCUT2D eigenvalue weighted by Gasteiger charge is -2.44. The van der Waals surface area contributed by atoms with Crippen LogP contribution in [0.5, 0.6) is 0 Å². The molecule has 6 nitrogen and oxygen atoms in total. The molecule has 0 unspecified atom stereocenters. The molecule has 0 radical (unpaired) electrons. The molecule has 0 aromatic carbocycles. The summed E-state index contributed by atoms with van der Waals surface area (Å²) < 4.78 is 2.31. The first-order valence-electron chi connectivity index (χ1n) is 10.2. The number of piperidine rings is 2. The van der Waals surface area contributed by atoms with Crippen molar-refractivity contribution in [2.75, 3.05) is 25.0 Å². The molecule has 2 aliphatic heterocycles. The molecule has 2 fully saturated rings. The van der Waals surface area contributed by atoms with Crippen LogP contribution in [0.1, 0.15) is 45.4 Å². The third kappa shape index (κ3) is 3.75. The normalized spacial score (nSPS) is 23.6. The summed E-state index contributed by atoms with van der Waals surface area (Å²) in [4.78, 5) is 16.2. The lowest BCUT2D eigenvalue weighted by Crippen LogP contribution is -2.49. The molecule has 6 heteroatoms. The summed E-state index contributed by atoms with van der Waals surface area (Å²) in [7, 11) is 0. The van der Waals surface area contributed by atoms with Gasteiger partial charge >= 0.3 is 0 Å². The van der Waals surface area contributed by atoms with E-state index in [0.29, 0.717) is 5.95 Å². The molecule has 4 heterocycles. The topological polar surface area (TPSA) is 58.9 Å². The van der Waals surface area contributed by atoms with Gasteiger partial charge in [-0.15, -0.1) is 0 Å². The zero-order valence-corrected chi connectivity index (χ0v) is 15.8. The Morgan fingerprint density at radius 1 is 1.08 bits per heavy atom. The average molecular weight is 355 g/mol. The minimum absolute atomic E-state index is 0.693. The molecule has 2 aliphatic rings. The molecular formula is C20H30N6. The predicted octanol–water partition coefficient (Wildman–Crippen LogP) is 3.43. The van der Waals surface area contributed by atoms with Crippen LogP contribution in [-0.2, 0) is 6.54 Å². The Balaban J connectivity index is 1.48. The van der Waals surface area contributed by atoms with E-state index < -0.39 is 0 Å². The smallest absolute Gasteiger partial charge is 0.222 e. The Bertz CT molecular complexity index is 693. The van der Waals surface area contributed by atoms with Gasteiger partial charge in [-0.25, -0.2) is 15.0 Å². The molecule has 0 spiro atoms. The lowest BCUT2D eigenvalue weighted by molar-refractivity contribution is 0.0521. The Labute approximate surface area is 156 Å². The summed E-state index contributed by atoms with van der Waals surface area (Å²) in [5, 5.41) is 3.22. The van der Waals surface area contributed by atoms with Crippen molar-refractivity contribution in [2.24, 2.45) is 5.92 Å². The molecule has 1 N–H and O–H groups in total. The van der Waals surface area contributed by atoms with Gasteiger partial charge in [-0.1, -0.05) is 13.3 Å². The summed E-state index contributed by atoms with van der Waals surface area (Å²) in [6.07, 6.45) is 15.6. The predicted molar refractivity (Wildman–Crippen MR) is 104 cm³/mol. The van der Waals surface area contributed by atoms with Crippen molar-refractivity contribution in [1.82, 2.24) is 24.4 Å². The fourth-order valence-corrected chi connectivity index (χ4v) is 4.53. The van der Waals surface area contributed by atoms with Gasteiger partial charge in [-0.2, -0.15) is 0 Å². The van der Waals surface area contributed by atoms with Gasteiger partial charge in [-0.3, -0.25) is 0 Å². The van der Waals surface area contributed by atoms with Gasteiger partial charge in [0.1, 0.15) is 5.82 Å². The summed E-state index contributed by atoms with van der Waals surface area (Å²) in [6.45, 7) is 6.66. The van der Waals surface area contributed by atoms with Crippen molar-refractivity contribution in [3.8, 4) is 11.4 Å². The number of hydrogen-bond donors (Lipinski definition) is 1. The van der Waals surface area contributed by atoms with Crippen molar-refractivity contribution >= 4 is 5.95 Å². The van der Waals surface area contributed by atoms with Crippen LogP contribution in [-0.4, -0.2) is 50.1 Å². The van der Waals surface area contributed by atoms with Gasteiger partial charge < -0.3 is 14.8 Å². The standard InChI is InChI=1S/C20H30N6/c1-2-8-22-20-23-13-17(14-24-20)19-21-9-12-26(19)15-16-6-5-11-25-10-4-3-7-18(16)25/h9,12-14,16,18H,2-8,10-11,15H2,1H3,(H,22,23,24)/t16-,18+/m0/s1. The Morgan fingerprint density at radius 2 is 1.92 bits per heavy atom. The first-order valence-corrected chi connectivity index (χ1v) is 10.2. The van der Waals surface area contributed by atoms with Crippen molar-refractivity contribution < 1.29 is 0 Å². The van der Waals surface area contributed by atoms with Crippen LogP contribution < -0.4 is 5.32 Å². The molecule has 2 aromatic heterocycles. The molecule has 2 aromatic rings.